The molecule has 0 spiro atoms. The summed E-state index contributed by atoms with van der Waals surface area (Å²) in [6.07, 6.45) is 7.76. The first-order chi connectivity index (χ1) is 14.8. The second-order valence-corrected chi connectivity index (χ2v) is 8.90. The lowest BCUT2D eigenvalue weighted by atomic mass is 9.85. The maximum Gasteiger partial charge on any atom is 0.120 e. The van der Waals surface area contributed by atoms with Crippen molar-refractivity contribution in [2.24, 2.45) is 0 Å². The van der Waals surface area contributed by atoms with E-state index in [1.54, 1.807) is 0 Å². The number of rotatable bonds is 6. The zero-order valence-electron chi connectivity index (χ0n) is 17.9. The Morgan fingerprint density at radius 1 is 0.900 bits per heavy atom. The van der Waals surface area contributed by atoms with Gasteiger partial charge in [-0.2, -0.15) is 0 Å². The molecule has 0 heterocycles. The van der Waals surface area contributed by atoms with E-state index in [9.17, 15) is 0 Å². The molecule has 3 aromatic rings. The monoisotopic (exact) mass is 397 g/mol. The number of aryl methyl sites for hydroxylation is 2. The lowest BCUT2D eigenvalue weighted by molar-refractivity contribution is 0.288. The van der Waals surface area contributed by atoms with Crippen LogP contribution in [0.4, 0.5) is 0 Å². The third-order valence-electron chi connectivity index (χ3n) is 6.75. The highest BCUT2D eigenvalue weighted by Crippen LogP contribution is 2.34. The van der Waals surface area contributed by atoms with Gasteiger partial charge in [0, 0.05) is 12.1 Å². The van der Waals surface area contributed by atoms with Gasteiger partial charge in [-0.15, -0.1) is 0 Å². The zero-order valence-corrected chi connectivity index (χ0v) is 17.9. The number of hydrogen-bond acceptors (Lipinski definition) is 2. The van der Waals surface area contributed by atoms with Crippen molar-refractivity contribution >= 4 is 0 Å². The minimum absolute atomic E-state index is 0.529. The summed E-state index contributed by atoms with van der Waals surface area (Å²) in [5, 5.41) is 3.87. The molecule has 1 atom stereocenters. The predicted octanol–water partition coefficient (Wildman–Crippen LogP) is 6.76. The highest BCUT2D eigenvalue weighted by molar-refractivity contribution is 5.67. The first-order valence-electron chi connectivity index (χ1n) is 11.4. The van der Waals surface area contributed by atoms with E-state index in [0.717, 1.165) is 11.8 Å². The van der Waals surface area contributed by atoms with Crippen molar-refractivity contribution in [2.75, 3.05) is 0 Å². The summed E-state index contributed by atoms with van der Waals surface area (Å²) in [5.74, 6) is 0.989. The van der Waals surface area contributed by atoms with Crippen LogP contribution in [0, 0.1) is 6.92 Å². The van der Waals surface area contributed by atoms with E-state index in [2.05, 4.69) is 79.0 Å². The van der Waals surface area contributed by atoms with Crippen LogP contribution in [-0.2, 0) is 13.0 Å². The number of hydrogen-bond donors (Lipinski definition) is 1. The van der Waals surface area contributed by atoms with Crippen molar-refractivity contribution in [1.29, 1.82) is 0 Å². The summed E-state index contributed by atoms with van der Waals surface area (Å²) in [6.45, 7) is 2.79. The lowest BCUT2D eigenvalue weighted by Gasteiger charge is -2.34. The molecule has 0 amide bonds. The van der Waals surface area contributed by atoms with Gasteiger partial charge in [-0.3, -0.25) is 0 Å². The van der Waals surface area contributed by atoms with E-state index < -0.39 is 0 Å². The van der Waals surface area contributed by atoms with Crippen LogP contribution in [0.5, 0.6) is 5.75 Å². The average Bonchev–Trinajstić information content (AvgIpc) is 2.75. The molecule has 1 unspecified atom stereocenters. The summed E-state index contributed by atoms with van der Waals surface area (Å²) >= 11 is 0. The molecule has 2 aliphatic rings. The van der Waals surface area contributed by atoms with Crippen LogP contribution in [0.15, 0.2) is 66.7 Å². The molecule has 0 radical (unpaired) electrons. The standard InChI is InChI=1S/C28H31NO/c1-20-17-21(13-15-26(20)22-7-3-2-4-8-22)19-30-25-14-16-27-23(18-25)9-5-12-28(27)29-24-10-6-11-24/h2-4,7-8,13-18,24,28-29H,5-6,9-12,19H2,1H3. The van der Waals surface area contributed by atoms with E-state index in [1.807, 2.05) is 0 Å². The molecule has 1 saturated carbocycles. The van der Waals surface area contributed by atoms with Gasteiger partial charge in [0.05, 0.1) is 0 Å². The molecular weight excluding hydrogens is 366 g/mol. The van der Waals surface area contributed by atoms with Crippen LogP contribution in [0.2, 0.25) is 0 Å². The maximum atomic E-state index is 6.19. The van der Waals surface area contributed by atoms with E-state index in [-0.39, 0.29) is 0 Å². The first-order valence-corrected chi connectivity index (χ1v) is 11.4. The minimum atomic E-state index is 0.529. The summed E-state index contributed by atoms with van der Waals surface area (Å²) in [7, 11) is 0. The lowest BCUT2D eigenvalue weighted by Crippen LogP contribution is -2.39. The number of benzene rings is 3. The molecule has 1 fully saturated rings. The minimum Gasteiger partial charge on any atom is -0.489 e. The third-order valence-corrected chi connectivity index (χ3v) is 6.75. The van der Waals surface area contributed by atoms with E-state index in [4.69, 9.17) is 4.74 Å². The smallest absolute Gasteiger partial charge is 0.120 e. The van der Waals surface area contributed by atoms with Gasteiger partial charge in [-0.1, -0.05) is 61.0 Å². The highest BCUT2D eigenvalue weighted by Gasteiger charge is 2.25. The Bertz CT molecular complexity index is 1010. The van der Waals surface area contributed by atoms with Gasteiger partial charge in [0.25, 0.3) is 0 Å². The molecule has 0 aliphatic heterocycles. The van der Waals surface area contributed by atoms with Crippen molar-refractivity contribution in [3.05, 3.63) is 89.0 Å². The Kier molecular flexibility index (Phi) is 5.59. The quantitative estimate of drug-likeness (QED) is 0.496. The van der Waals surface area contributed by atoms with E-state index in [0.29, 0.717) is 12.6 Å². The molecule has 1 N–H and O–H groups in total. The Balaban J connectivity index is 1.26. The summed E-state index contributed by atoms with van der Waals surface area (Å²) in [5.41, 5.74) is 8.02. The predicted molar refractivity (Wildman–Crippen MR) is 124 cm³/mol. The molecule has 30 heavy (non-hydrogen) atoms. The molecular formula is C28H31NO. The Morgan fingerprint density at radius 3 is 2.53 bits per heavy atom. The number of ether oxygens (including phenoxy) is 1. The van der Waals surface area contributed by atoms with Crippen LogP contribution in [0.1, 0.15) is 60.4 Å². The van der Waals surface area contributed by atoms with Gasteiger partial charge < -0.3 is 10.1 Å². The second kappa shape index (κ2) is 8.65. The van der Waals surface area contributed by atoms with Crippen LogP contribution in [0.25, 0.3) is 11.1 Å². The van der Waals surface area contributed by atoms with Crippen LogP contribution >= 0.6 is 0 Å². The fourth-order valence-electron chi connectivity index (χ4n) is 4.84. The van der Waals surface area contributed by atoms with Gasteiger partial charge in [-0.05, 0) is 84.5 Å². The first kappa shape index (κ1) is 19.4. The average molecular weight is 398 g/mol. The molecule has 0 aromatic heterocycles. The summed E-state index contributed by atoms with van der Waals surface area (Å²) in [4.78, 5) is 0. The van der Waals surface area contributed by atoms with Crippen molar-refractivity contribution in [1.82, 2.24) is 5.32 Å². The number of fused-ring (bicyclic) bond motifs is 1. The van der Waals surface area contributed by atoms with Crippen molar-refractivity contribution < 1.29 is 4.74 Å². The molecule has 154 valence electrons. The van der Waals surface area contributed by atoms with E-state index >= 15 is 0 Å². The summed E-state index contributed by atoms with van der Waals surface area (Å²) in [6, 6.07) is 25.2. The molecule has 5 rings (SSSR count). The fourth-order valence-corrected chi connectivity index (χ4v) is 4.84. The molecule has 2 nitrogen and oxygen atoms in total. The maximum absolute atomic E-state index is 6.19. The Labute approximate surface area is 180 Å². The van der Waals surface area contributed by atoms with Gasteiger partial charge >= 0.3 is 0 Å². The topological polar surface area (TPSA) is 21.3 Å². The van der Waals surface area contributed by atoms with Crippen molar-refractivity contribution in [3.8, 4) is 16.9 Å². The third kappa shape index (κ3) is 4.15. The largest absolute Gasteiger partial charge is 0.489 e. The number of nitrogens with one attached hydrogen (secondary N) is 1. The van der Waals surface area contributed by atoms with E-state index in [1.165, 1.54) is 71.9 Å². The van der Waals surface area contributed by atoms with Crippen LogP contribution in [-0.4, -0.2) is 6.04 Å². The normalized spacial score (nSPS) is 18.5. The molecule has 2 aliphatic carbocycles. The molecule has 2 heteroatoms. The van der Waals surface area contributed by atoms with Gasteiger partial charge in [0.15, 0.2) is 0 Å². The van der Waals surface area contributed by atoms with Crippen molar-refractivity contribution in [2.45, 2.75) is 64.1 Å². The van der Waals surface area contributed by atoms with Gasteiger partial charge in [0.1, 0.15) is 12.4 Å². The second-order valence-electron chi connectivity index (χ2n) is 8.90. The highest BCUT2D eigenvalue weighted by atomic mass is 16.5. The van der Waals surface area contributed by atoms with Gasteiger partial charge in [0.2, 0.25) is 0 Å². The fraction of sp³-hybridized carbons (Fsp3) is 0.357. The SMILES string of the molecule is Cc1cc(COc2ccc3c(c2)CCCC3NC2CCC2)ccc1-c1ccccc1. The van der Waals surface area contributed by atoms with Gasteiger partial charge in [-0.25, -0.2) is 0 Å². The van der Waals surface area contributed by atoms with Crippen molar-refractivity contribution in [3.63, 3.8) is 0 Å². The Hall–Kier alpha value is -2.58. The molecule has 0 bridgehead atoms. The zero-order chi connectivity index (χ0) is 20.3. The Morgan fingerprint density at radius 2 is 1.77 bits per heavy atom. The van der Waals surface area contributed by atoms with Crippen LogP contribution < -0.4 is 10.1 Å². The summed E-state index contributed by atoms with van der Waals surface area (Å²) < 4.78 is 6.19. The molecule has 3 aromatic carbocycles. The molecule has 0 saturated heterocycles. The van der Waals surface area contributed by atoms with Crippen LogP contribution in [0.3, 0.4) is 0 Å².